The first-order chi connectivity index (χ1) is 6.49. The predicted molar refractivity (Wildman–Crippen MR) is 47.2 cm³/mol. The maximum Gasteiger partial charge on any atom is 0.325 e. The number of hydrogen-bond donors (Lipinski definition) is 3. The number of azide groups is 1. The molecule has 0 unspecified atom stereocenters. The second kappa shape index (κ2) is 5.79. The van der Waals surface area contributed by atoms with Crippen LogP contribution in [0.4, 0.5) is 0 Å². The second-order valence-electron chi connectivity index (χ2n) is 2.59. The van der Waals surface area contributed by atoms with E-state index in [1.54, 1.807) is 0 Å². The Bertz CT molecular complexity index is 273. The van der Waals surface area contributed by atoms with Gasteiger partial charge >= 0.3 is 5.97 Å². The minimum atomic E-state index is -1.16. The molecule has 0 aliphatic carbocycles. The summed E-state index contributed by atoms with van der Waals surface area (Å²) in [4.78, 5) is 23.8. The molecule has 0 bridgehead atoms. The number of nitrogens with two attached hydrogens (primary N) is 1. The van der Waals surface area contributed by atoms with Crippen molar-refractivity contribution in [3.63, 3.8) is 0 Å². The van der Waals surface area contributed by atoms with Crippen molar-refractivity contribution in [3.8, 4) is 0 Å². The Balaban J connectivity index is 4.07. The van der Waals surface area contributed by atoms with E-state index in [9.17, 15) is 9.59 Å². The van der Waals surface area contributed by atoms with E-state index in [0.717, 1.165) is 0 Å². The molecule has 4 N–H and O–H groups in total. The van der Waals surface area contributed by atoms with E-state index in [0.29, 0.717) is 0 Å². The SMILES string of the molecule is C[C@@H](NC(=O)[C@H](N)CN=[N+]=[N-])C(=O)O. The molecule has 8 heteroatoms. The van der Waals surface area contributed by atoms with Crippen LogP contribution in [0.2, 0.25) is 0 Å². The van der Waals surface area contributed by atoms with Crippen molar-refractivity contribution in [1.82, 2.24) is 5.32 Å². The van der Waals surface area contributed by atoms with Gasteiger partial charge in [-0.1, -0.05) is 5.11 Å². The Morgan fingerprint density at radius 3 is 2.71 bits per heavy atom. The summed E-state index contributed by atoms with van der Waals surface area (Å²) in [6.45, 7) is 1.11. The highest BCUT2D eigenvalue weighted by Crippen LogP contribution is 1.86. The summed E-state index contributed by atoms with van der Waals surface area (Å²) in [5.74, 6) is -1.82. The Morgan fingerprint density at radius 2 is 2.29 bits per heavy atom. The zero-order chi connectivity index (χ0) is 11.1. The van der Waals surface area contributed by atoms with Gasteiger partial charge in [0.2, 0.25) is 5.91 Å². The molecular formula is C6H11N5O3. The van der Waals surface area contributed by atoms with Crippen LogP contribution in [0.5, 0.6) is 0 Å². The quantitative estimate of drug-likeness (QED) is 0.304. The summed E-state index contributed by atoms with van der Waals surface area (Å²) in [6.07, 6.45) is 0. The Labute approximate surface area is 79.7 Å². The highest BCUT2D eigenvalue weighted by Gasteiger charge is 2.18. The summed E-state index contributed by atoms with van der Waals surface area (Å²) in [5.41, 5.74) is 13.2. The van der Waals surface area contributed by atoms with Gasteiger partial charge in [-0.05, 0) is 12.5 Å². The first-order valence-corrected chi connectivity index (χ1v) is 3.78. The summed E-state index contributed by atoms with van der Waals surface area (Å²) >= 11 is 0. The molecule has 0 aromatic heterocycles. The Morgan fingerprint density at radius 1 is 1.71 bits per heavy atom. The molecule has 0 fully saturated rings. The summed E-state index contributed by atoms with van der Waals surface area (Å²) in [6, 6.07) is -2.03. The number of carboxylic acid groups (broad SMARTS) is 1. The van der Waals surface area contributed by atoms with Crippen molar-refractivity contribution in [2.75, 3.05) is 6.54 Å². The lowest BCUT2D eigenvalue weighted by molar-refractivity contribution is -0.141. The lowest BCUT2D eigenvalue weighted by atomic mass is 10.2. The molecule has 14 heavy (non-hydrogen) atoms. The average molecular weight is 201 g/mol. The van der Waals surface area contributed by atoms with Crippen LogP contribution < -0.4 is 11.1 Å². The van der Waals surface area contributed by atoms with Gasteiger partial charge in [-0.15, -0.1) is 0 Å². The summed E-state index contributed by atoms with van der Waals surface area (Å²) in [7, 11) is 0. The van der Waals surface area contributed by atoms with Crippen LogP contribution in [0, 0.1) is 0 Å². The van der Waals surface area contributed by atoms with Crippen LogP contribution >= 0.6 is 0 Å². The van der Waals surface area contributed by atoms with Crippen LogP contribution in [0.25, 0.3) is 10.4 Å². The van der Waals surface area contributed by atoms with E-state index in [4.69, 9.17) is 16.4 Å². The number of carbonyl (C=O) groups is 2. The Hall–Kier alpha value is -1.79. The van der Waals surface area contributed by atoms with E-state index in [1.165, 1.54) is 6.92 Å². The number of carboxylic acids is 1. The number of amides is 1. The average Bonchev–Trinajstić information content (AvgIpc) is 2.13. The third-order valence-corrected chi connectivity index (χ3v) is 1.41. The first-order valence-electron chi connectivity index (χ1n) is 3.78. The fourth-order valence-electron chi connectivity index (χ4n) is 0.590. The monoisotopic (exact) mass is 201 g/mol. The molecule has 0 heterocycles. The maximum absolute atomic E-state index is 11.1. The minimum Gasteiger partial charge on any atom is -0.480 e. The Kier molecular flexibility index (Phi) is 5.05. The topological polar surface area (TPSA) is 141 Å². The molecule has 8 nitrogen and oxygen atoms in total. The largest absolute Gasteiger partial charge is 0.480 e. The van der Waals surface area contributed by atoms with Gasteiger partial charge in [0.1, 0.15) is 6.04 Å². The number of nitrogens with zero attached hydrogens (tertiary/aromatic N) is 3. The third-order valence-electron chi connectivity index (χ3n) is 1.41. The molecule has 78 valence electrons. The number of aliphatic carboxylic acids is 1. The molecular weight excluding hydrogens is 190 g/mol. The lowest BCUT2D eigenvalue weighted by Crippen LogP contribution is -2.48. The first kappa shape index (κ1) is 12.2. The molecule has 0 radical (unpaired) electrons. The van der Waals surface area contributed by atoms with Crippen molar-refractivity contribution in [1.29, 1.82) is 0 Å². The molecule has 0 saturated heterocycles. The highest BCUT2D eigenvalue weighted by atomic mass is 16.4. The van der Waals surface area contributed by atoms with Gasteiger partial charge in [-0.3, -0.25) is 9.59 Å². The van der Waals surface area contributed by atoms with Crippen molar-refractivity contribution in [2.24, 2.45) is 10.8 Å². The van der Waals surface area contributed by atoms with E-state index in [2.05, 4.69) is 15.3 Å². The second-order valence-corrected chi connectivity index (χ2v) is 2.59. The van der Waals surface area contributed by atoms with Gasteiger partial charge in [-0.2, -0.15) is 0 Å². The van der Waals surface area contributed by atoms with Crippen molar-refractivity contribution >= 4 is 11.9 Å². The van der Waals surface area contributed by atoms with Gasteiger partial charge < -0.3 is 16.2 Å². The fourth-order valence-corrected chi connectivity index (χ4v) is 0.590. The van der Waals surface area contributed by atoms with E-state index in [1.807, 2.05) is 0 Å². The fraction of sp³-hybridized carbons (Fsp3) is 0.667. The lowest BCUT2D eigenvalue weighted by Gasteiger charge is -2.12. The van der Waals surface area contributed by atoms with Crippen LogP contribution in [0.15, 0.2) is 5.11 Å². The van der Waals surface area contributed by atoms with E-state index in [-0.39, 0.29) is 6.54 Å². The van der Waals surface area contributed by atoms with Gasteiger partial charge in [0.25, 0.3) is 0 Å². The van der Waals surface area contributed by atoms with Gasteiger partial charge in [0.05, 0.1) is 6.04 Å². The van der Waals surface area contributed by atoms with Crippen LogP contribution in [-0.4, -0.2) is 35.6 Å². The number of hydrogen-bond acceptors (Lipinski definition) is 4. The van der Waals surface area contributed by atoms with Crippen LogP contribution in [-0.2, 0) is 9.59 Å². The third kappa shape index (κ3) is 4.29. The molecule has 0 spiro atoms. The summed E-state index contributed by atoms with van der Waals surface area (Å²) in [5, 5.41) is 13.7. The number of nitrogens with one attached hydrogen (secondary N) is 1. The zero-order valence-corrected chi connectivity index (χ0v) is 7.54. The summed E-state index contributed by atoms with van der Waals surface area (Å²) < 4.78 is 0. The zero-order valence-electron chi connectivity index (χ0n) is 7.54. The van der Waals surface area contributed by atoms with Crippen LogP contribution in [0.3, 0.4) is 0 Å². The highest BCUT2D eigenvalue weighted by molar-refractivity contribution is 5.86. The smallest absolute Gasteiger partial charge is 0.325 e. The van der Waals surface area contributed by atoms with Crippen molar-refractivity contribution in [3.05, 3.63) is 10.4 Å². The molecule has 0 saturated carbocycles. The number of carbonyl (C=O) groups excluding carboxylic acids is 1. The molecule has 0 aliphatic heterocycles. The molecule has 0 aromatic rings. The van der Waals surface area contributed by atoms with Gasteiger partial charge in [0, 0.05) is 11.5 Å². The predicted octanol–water partition coefficient (Wildman–Crippen LogP) is -0.787. The minimum absolute atomic E-state index is 0.200. The van der Waals surface area contributed by atoms with Crippen molar-refractivity contribution < 1.29 is 14.7 Å². The molecule has 1 amide bonds. The molecule has 2 atom stereocenters. The van der Waals surface area contributed by atoms with E-state index < -0.39 is 24.0 Å². The molecule has 0 aromatic carbocycles. The van der Waals surface area contributed by atoms with Crippen molar-refractivity contribution in [2.45, 2.75) is 19.0 Å². The molecule has 0 rings (SSSR count). The normalized spacial score (nSPS) is 13.6. The van der Waals surface area contributed by atoms with Gasteiger partial charge in [0.15, 0.2) is 0 Å². The number of rotatable bonds is 5. The van der Waals surface area contributed by atoms with Gasteiger partial charge in [-0.25, -0.2) is 0 Å². The van der Waals surface area contributed by atoms with Crippen LogP contribution in [0.1, 0.15) is 6.92 Å². The maximum atomic E-state index is 11.1. The standard InChI is InChI=1S/C6H11N5O3/c1-3(6(13)14)10-5(12)4(7)2-9-11-8/h3-4H,2,7H2,1H3,(H,10,12)(H,13,14)/t3-,4-/m1/s1. The van der Waals surface area contributed by atoms with E-state index >= 15 is 0 Å². The molecule has 0 aliphatic rings.